The highest BCUT2D eigenvalue weighted by Crippen LogP contribution is 2.46. The van der Waals surface area contributed by atoms with Crippen LogP contribution in [0.2, 0.25) is 0 Å². The minimum Gasteiger partial charge on any atom is -0.300 e. The van der Waals surface area contributed by atoms with Crippen LogP contribution >= 0.6 is 0 Å². The van der Waals surface area contributed by atoms with Crippen molar-refractivity contribution in [3.8, 4) is 0 Å². The van der Waals surface area contributed by atoms with Crippen LogP contribution in [0.1, 0.15) is 48.0 Å². The maximum Gasteiger partial charge on any atom is 0.0125 e. The second-order valence-electron chi connectivity index (χ2n) is 5.85. The van der Waals surface area contributed by atoms with E-state index in [-0.39, 0.29) is 0 Å². The second-order valence-corrected chi connectivity index (χ2v) is 5.85. The summed E-state index contributed by atoms with van der Waals surface area (Å²) >= 11 is 0. The molecule has 84 valence electrons. The minimum absolute atomic E-state index is 0.473. The van der Waals surface area contributed by atoms with Crippen LogP contribution in [0.15, 0.2) is 0 Å². The molecule has 1 heteroatoms. The van der Waals surface area contributed by atoms with Gasteiger partial charge in [0, 0.05) is 12.1 Å². The predicted molar refractivity (Wildman–Crippen MR) is 63.4 cm³/mol. The molecule has 1 heterocycles. The zero-order valence-electron chi connectivity index (χ0n) is 11.0. The number of likely N-dealkylation sites (tertiary alicyclic amines) is 1. The van der Waals surface area contributed by atoms with Crippen LogP contribution in [0.3, 0.4) is 0 Å². The summed E-state index contributed by atoms with van der Waals surface area (Å²) in [5, 5.41) is 0. The Morgan fingerprint density at radius 2 is 1.71 bits per heavy atom. The van der Waals surface area contributed by atoms with Gasteiger partial charge < -0.3 is 4.90 Å². The summed E-state index contributed by atoms with van der Waals surface area (Å²) in [6, 6.07) is 1.44. The van der Waals surface area contributed by atoms with Crippen LogP contribution in [0.5, 0.6) is 0 Å². The van der Waals surface area contributed by atoms with Gasteiger partial charge in [-0.1, -0.05) is 27.7 Å². The number of rotatable bonds is 1. The summed E-state index contributed by atoms with van der Waals surface area (Å²) < 4.78 is 0. The second kappa shape index (κ2) is 3.84. The van der Waals surface area contributed by atoms with E-state index in [1.54, 1.807) is 0 Å². The van der Waals surface area contributed by atoms with E-state index in [1.165, 1.54) is 6.42 Å². The Kier molecular flexibility index (Phi) is 3.30. The van der Waals surface area contributed by atoms with Crippen LogP contribution < -0.4 is 0 Å². The predicted octanol–water partition coefficient (Wildman–Crippen LogP) is 3.40. The molecule has 1 fully saturated rings. The van der Waals surface area contributed by atoms with E-state index in [2.05, 4.69) is 53.5 Å². The fraction of sp³-hybridized carbons (Fsp3) is 1.00. The molecule has 0 bridgehead atoms. The van der Waals surface area contributed by atoms with Crippen LogP contribution in [0.4, 0.5) is 0 Å². The molecule has 0 aromatic heterocycles. The van der Waals surface area contributed by atoms with E-state index in [4.69, 9.17) is 0 Å². The van der Waals surface area contributed by atoms with Crippen molar-refractivity contribution < 1.29 is 0 Å². The highest BCUT2D eigenvalue weighted by Gasteiger charge is 2.46. The van der Waals surface area contributed by atoms with Crippen molar-refractivity contribution in [2.75, 3.05) is 7.05 Å². The Bertz CT molecular complexity index is 199. The van der Waals surface area contributed by atoms with Gasteiger partial charge in [-0.2, -0.15) is 0 Å². The molecule has 1 nitrogen and oxygen atoms in total. The van der Waals surface area contributed by atoms with E-state index in [0.717, 1.165) is 17.9 Å². The molecular weight excluding hydrogens is 170 g/mol. The van der Waals surface area contributed by atoms with Crippen molar-refractivity contribution in [3.63, 3.8) is 0 Å². The van der Waals surface area contributed by atoms with E-state index in [9.17, 15) is 0 Å². The van der Waals surface area contributed by atoms with Crippen molar-refractivity contribution in [3.05, 3.63) is 0 Å². The minimum atomic E-state index is 0.473. The average molecular weight is 197 g/mol. The Morgan fingerprint density at radius 3 is 2.14 bits per heavy atom. The van der Waals surface area contributed by atoms with E-state index in [1.807, 2.05) is 0 Å². The fourth-order valence-corrected chi connectivity index (χ4v) is 3.22. The third-order valence-electron chi connectivity index (χ3n) is 5.21. The largest absolute Gasteiger partial charge is 0.300 e. The van der Waals surface area contributed by atoms with Gasteiger partial charge in [-0.05, 0) is 44.6 Å². The molecule has 0 aromatic rings. The molecular formula is C13H27N. The Morgan fingerprint density at radius 1 is 1.21 bits per heavy atom. The monoisotopic (exact) mass is 197 g/mol. The summed E-state index contributed by atoms with van der Waals surface area (Å²) in [6.07, 6.45) is 1.34. The maximum absolute atomic E-state index is 2.56. The highest BCUT2D eigenvalue weighted by molar-refractivity contribution is 4.98. The lowest BCUT2D eigenvalue weighted by Gasteiger charge is -2.54. The normalized spacial score (nSPS) is 45.9. The number of nitrogens with zero attached hydrogens (tertiary/aromatic N) is 1. The van der Waals surface area contributed by atoms with Gasteiger partial charge in [0.2, 0.25) is 0 Å². The van der Waals surface area contributed by atoms with Gasteiger partial charge in [0.25, 0.3) is 0 Å². The van der Waals surface area contributed by atoms with Crippen molar-refractivity contribution in [2.45, 2.75) is 60.0 Å². The van der Waals surface area contributed by atoms with Crippen molar-refractivity contribution in [1.29, 1.82) is 0 Å². The summed E-state index contributed by atoms with van der Waals surface area (Å²) in [5.41, 5.74) is 0.473. The summed E-state index contributed by atoms with van der Waals surface area (Å²) in [6.45, 7) is 14.4. The summed E-state index contributed by atoms with van der Waals surface area (Å²) in [4.78, 5) is 2.56. The highest BCUT2D eigenvalue weighted by atomic mass is 15.2. The molecule has 1 aliphatic rings. The van der Waals surface area contributed by atoms with Gasteiger partial charge in [-0.25, -0.2) is 0 Å². The first-order valence-corrected chi connectivity index (χ1v) is 6.03. The van der Waals surface area contributed by atoms with Gasteiger partial charge in [-0.15, -0.1) is 0 Å². The molecule has 0 saturated carbocycles. The Labute approximate surface area is 89.9 Å². The lowest BCUT2D eigenvalue weighted by atomic mass is 9.61. The smallest absolute Gasteiger partial charge is 0.0125 e. The zero-order valence-corrected chi connectivity index (χ0v) is 11.0. The first kappa shape index (κ1) is 12.0. The van der Waals surface area contributed by atoms with Gasteiger partial charge in [0.05, 0.1) is 0 Å². The summed E-state index contributed by atoms with van der Waals surface area (Å²) in [5.74, 6) is 1.60. The molecule has 0 aromatic carbocycles. The van der Waals surface area contributed by atoms with E-state index in [0.29, 0.717) is 11.5 Å². The first-order chi connectivity index (χ1) is 6.31. The molecule has 1 rings (SSSR count). The third-order valence-corrected chi connectivity index (χ3v) is 5.21. The van der Waals surface area contributed by atoms with E-state index < -0.39 is 0 Å². The van der Waals surface area contributed by atoms with Gasteiger partial charge in [0.1, 0.15) is 0 Å². The molecule has 0 N–H and O–H groups in total. The molecule has 0 radical (unpaired) electrons. The van der Waals surface area contributed by atoms with Crippen molar-refractivity contribution in [1.82, 2.24) is 4.90 Å². The molecule has 4 atom stereocenters. The lowest BCUT2D eigenvalue weighted by Crippen LogP contribution is -2.57. The maximum atomic E-state index is 2.56. The zero-order chi connectivity index (χ0) is 11.1. The van der Waals surface area contributed by atoms with Crippen molar-refractivity contribution in [2.24, 2.45) is 17.3 Å². The van der Waals surface area contributed by atoms with Crippen LogP contribution in [-0.4, -0.2) is 24.0 Å². The topological polar surface area (TPSA) is 3.24 Å². The lowest BCUT2D eigenvalue weighted by molar-refractivity contribution is -0.0541. The average Bonchev–Trinajstić information content (AvgIpc) is 2.11. The van der Waals surface area contributed by atoms with Crippen LogP contribution in [0, 0.1) is 17.3 Å². The SMILES string of the molecule is CC1CC(C)C(C)(C(C)C)C(C)N1C. The van der Waals surface area contributed by atoms with Crippen molar-refractivity contribution >= 4 is 0 Å². The molecule has 1 saturated heterocycles. The fourth-order valence-electron chi connectivity index (χ4n) is 3.22. The summed E-state index contributed by atoms with van der Waals surface area (Å²) in [7, 11) is 2.28. The number of piperidine rings is 1. The van der Waals surface area contributed by atoms with Gasteiger partial charge >= 0.3 is 0 Å². The molecule has 4 unspecified atom stereocenters. The van der Waals surface area contributed by atoms with Gasteiger partial charge in [-0.3, -0.25) is 0 Å². The van der Waals surface area contributed by atoms with E-state index >= 15 is 0 Å². The van der Waals surface area contributed by atoms with Crippen LogP contribution in [0.25, 0.3) is 0 Å². The molecule has 0 aliphatic carbocycles. The standard InChI is InChI=1S/C13H27N/c1-9(2)13(6)10(3)8-11(4)14(7)12(13)5/h9-12H,8H2,1-7H3. The number of hydrogen-bond acceptors (Lipinski definition) is 1. The molecule has 0 amide bonds. The number of hydrogen-bond donors (Lipinski definition) is 0. The van der Waals surface area contributed by atoms with Gasteiger partial charge in [0.15, 0.2) is 0 Å². The quantitative estimate of drug-likeness (QED) is 0.623. The molecule has 1 aliphatic heterocycles. The first-order valence-electron chi connectivity index (χ1n) is 6.03. The van der Waals surface area contributed by atoms with Crippen LogP contribution in [-0.2, 0) is 0 Å². The third kappa shape index (κ3) is 1.60. The molecule has 0 spiro atoms. The Hall–Kier alpha value is -0.0400. The molecule has 14 heavy (non-hydrogen) atoms. The Balaban J connectivity index is 2.94.